The number of halogens is 2. The van der Waals surface area contributed by atoms with Gasteiger partial charge in [0.05, 0.1) is 0 Å². The third-order valence-corrected chi connectivity index (χ3v) is 4.42. The maximum atomic E-state index is 3.56. The SMILES string of the molecule is CC(C)(C)c1ccc(CNc2cc(Br)ccc2Br)cc1. The molecule has 2 aromatic carbocycles. The second kappa shape index (κ2) is 6.31. The molecular formula is C17H19Br2N. The van der Waals surface area contributed by atoms with Crippen molar-refractivity contribution in [3.05, 3.63) is 62.5 Å². The quantitative estimate of drug-likeness (QED) is 0.658. The Morgan fingerprint density at radius 3 is 2.20 bits per heavy atom. The Bertz CT molecular complexity index is 583. The lowest BCUT2D eigenvalue weighted by atomic mass is 9.87. The number of nitrogens with one attached hydrogen (secondary N) is 1. The van der Waals surface area contributed by atoms with E-state index in [1.54, 1.807) is 0 Å². The minimum atomic E-state index is 0.208. The lowest BCUT2D eigenvalue weighted by Crippen LogP contribution is -2.11. The van der Waals surface area contributed by atoms with Crippen molar-refractivity contribution in [2.45, 2.75) is 32.7 Å². The van der Waals surface area contributed by atoms with Gasteiger partial charge in [-0.15, -0.1) is 0 Å². The Morgan fingerprint density at radius 1 is 0.950 bits per heavy atom. The fourth-order valence-corrected chi connectivity index (χ4v) is 2.70. The zero-order valence-corrected chi connectivity index (χ0v) is 15.2. The molecule has 0 unspecified atom stereocenters. The molecule has 0 aliphatic rings. The van der Waals surface area contributed by atoms with E-state index in [9.17, 15) is 0 Å². The summed E-state index contributed by atoms with van der Waals surface area (Å²) in [5.74, 6) is 0. The fourth-order valence-electron chi connectivity index (χ4n) is 1.95. The number of hydrogen-bond acceptors (Lipinski definition) is 1. The summed E-state index contributed by atoms with van der Waals surface area (Å²) in [7, 11) is 0. The van der Waals surface area contributed by atoms with Gasteiger partial charge in [-0.05, 0) is 50.7 Å². The van der Waals surface area contributed by atoms with Crippen molar-refractivity contribution in [1.29, 1.82) is 0 Å². The summed E-state index contributed by atoms with van der Waals surface area (Å²) in [6.45, 7) is 7.52. The summed E-state index contributed by atoms with van der Waals surface area (Å²) >= 11 is 7.05. The van der Waals surface area contributed by atoms with Crippen molar-refractivity contribution >= 4 is 37.5 Å². The number of hydrogen-bond donors (Lipinski definition) is 1. The standard InChI is InChI=1S/C17H19Br2N/c1-17(2,3)13-6-4-12(5-7-13)11-20-16-10-14(18)8-9-15(16)19/h4-10,20H,11H2,1-3H3. The molecule has 0 bridgehead atoms. The lowest BCUT2D eigenvalue weighted by molar-refractivity contribution is 0.590. The Labute approximate surface area is 138 Å². The summed E-state index contributed by atoms with van der Waals surface area (Å²) in [6, 6.07) is 15.0. The second-order valence-electron chi connectivity index (χ2n) is 5.92. The van der Waals surface area contributed by atoms with Crippen LogP contribution in [0.2, 0.25) is 0 Å². The minimum absolute atomic E-state index is 0.208. The van der Waals surface area contributed by atoms with Crippen LogP contribution in [0.25, 0.3) is 0 Å². The predicted molar refractivity (Wildman–Crippen MR) is 94.3 cm³/mol. The molecule has 0 heterocycles. The molecule has 0 aliphatic carbocycles. The maximum Gasteiger partial charge on any atom is 0.0498 e. The summed E-state index contributed by atoms with van der Waals surface area (Å²) in [5, 5.41) is 3.45. The van der Waals surface area contributed by atoms with Crippen molar-refractivity contribution in [1.82, 2.24) is 0 Å². The highest BCUT2D eigenvalue weighted by atomic mass is 79.9. The largest absolute Gasteiger partial charge is 0.380 e. The van der Waals surface area contributed by atoms with Crippen LogP contribution in [0.1, 0.15) is 31.9 Å². The van der Waals surface area contributed by atoms with Crippen LogP contribution in [0.3, 0.4) is 0 Å². The van der Waals surface area contributed by atoms with E-state index in [1.807, 2.05) is 12.1 Å². The van der Waals surface area contributed by atoms with Gasteiger partial charge in [-0.25, -0.2) is 0 Å². The van der Waals surface area contributed by atoms with Crippen LogP contribution in [0, 0.1) is 0 Å². The molecule has 0 saturated heterocycles. The van der Waals surface area contributed by atoms with Gasteiger partial charge in [0.25, 0.3) is 0 Å². The number of anilines is 1. The van der Waals surface area contributed by atoms with Crippen molar-refractivity contribution in [2.24, 2.45) is 0 Å². The van der Waals surface area contributed by atoms with Gasteiger partial charge in [0.1, 0.15) is 0 Å². The molecule has 3 heteroatoms. The highest BCUT2D eigenvalue weighted by Gasteiger charge is 2.12. The first-order valence-corrected chi connectivity index (χ1v) is 8.23. The van der Waals surface area contributed by atoms with Gasteiger partial charge in [0.15, 0.2) is 0 Å². The van der Waals surface area contributed by atoms with Crippen LogP contribution in [-0.2, 0) is 12.0 Å². The van der Waals surface area contributed by atoms with Crippen LogP contribution in [0.4, 0.5) is 5.69 Å². The van der Waals surface area contributed by atoms with Gasteiger partial charge in [-0.3, -0.25) is 0 Å². The minimum Gasteiger partial charge on any atom is -0.380 e. The molecule has 1 nitrogen and oxygen atoms in total. The topological polar surface area (TPSA) is 12.0 Å². The summed E-state index contributed by atoms with van der Waals surface area (Å²) < 4.78 is 2.15. The fraction of sp³-hybridized carbons (Fsp3) is 0.294. The van der Waals surface area contributed by atoms with Crippen molar-refractivity contribution in [3.63, 3.8) is 0 Å². The Hall–Kier alpha value is -0.800. The third-order valence-electron chi connectivity index (χ3n) is 3.23. The average molecular weight is 397 g/mol. The average Bonchev–Trinajstić information content (AvgIpc) is 2.39. The van der Waals surface area contributed by atoms with E-state index in [2.05, 4.69) is 88.3 Å². The van der Waals surface area contributed by atoms with Gasteiger partial charge < -0.3 is 5.32 Å². The Morgan fingerprint density at radius 2 is 1.60 bits per heavy atom. The first kappa shape index (κ1) is 15.6. The molecule has 20 heavy (non-hydrogen) atoms. The van der Waals surface area contributed by atoms with E-state index in [-0.39, 0.29) is 5.41 Å². The molecule has 0 spiro atoms. The molecular weight excluding hydrogens is 378 g/mol. The first-order chi connectivity index (χ1) is 9.36. The second-order valence-corrected chi connectivity index (χ2v) is 7.69. The molecule has 2 rings (SSSR count). The van der Waals surface area contributed by atoms with Gasteiger partial charge in [0.2, 0.25) is 0 Å². The third kappa shape index (κ3) is 4.10. The molecule has 0 fully saturated rings. The molecule has 0 atom stereocenters. The normalized spacial score (nSPS) is 11.4. The van der Waals surface area contributed by atoms with Crippen LogP contribution in [-0.4, -0.2) is 0 Å². The van der Waals surface area contributed by atoms with E-state index in [1.165, 1.54) is 11.1 Å². The zero-order valence-electron chi connectivity index (χ0n) is 12.0. The summed E-state index contributed by atoms with van der Waals surface area (Å²) in [6.07, 6.45) is 0. The number of benzene rings is 2. The molecule has 0 aromatic heterocycles. The number of rotatable bonds is 3. The van der Waals surface area contributed by atoms with E-state index >= 15 is 0 Å². The molecule has 1 N–H and O–H groups in total. The molecule has 0 amide bonds. The lowest BCUT2D eigenvalue weighted by Gasteiger charge is -2.19. The van der Waals surface area contributed by atoms with Gasteiger partial charge in [-0.2, -0.15) is 0 Å². The molecule has 2 aromatic rings. The highest BCUT2D eigenvalue weighted by Crippen LogP contribution is 2.27. The summed E-state index contributed by atoms with van der Waals surface area (Å²) in [4.78, 5) is 0. The zero-order chi connectivity index (χ0) is 14.8. The Balaban J connectivity index is 2.06. The van der Waals surface area contributed by atoms with E-state index in [0.29, 0.717) is 0 Å². The smallest absolute Gasteiger partial charge is 0.0498 e. The van der Waals surface area contributed by atoms with Crippen molar-refractivity contribution in [3.8, 4) is 0 Å². The molecule has 0 aliphatic heterocycles. The van der Waals surface area contributed by atoms with Crippen LogP contribution < -0.4 is 5.32 Å². The molecule has 0 saturated carbocycles. The predicted octanol–water partition coefficient (Wildman–Crippen LogP) is 6.12. The van der Waals surface area contributed by atoms with E-state index in [4.69, 9.17) is 0 Å². The Kier molecular flexibility index (Phi) is 4.92. The van der Waals surface area contributed by atoms with Crippen LogP contribution in [0.15, 0.2) is 51.4 Å². The van der Waals surface area contributed by atoms with Gasteiger partial charge in [-0.1, -0.05) is 61.0 Å². The van der Waals surface area contributed by atoms with Crippen molar-refractivity contribution < 1.29 is 0 Å². The maximum absolute atomic E-state index is 3.56. The van der Waals surface area contributed by atoms with E-state index in [0.717, 1.165) is 21.2 Å². The molecule has 106 valence electrons. The van der Waals surface area contributed by atoms with Crippen LogP contribution >= 0.6 is 31.9 Å². The molecule has 0 radical (unpaired) electrons. The first-order valence-electron chi connectivity index (χ1n) is 6.64. The van der Waals surface area contributed by atoms with Gasteiger partial charge >= 0.3 is 0 Å². The monoisotopic (exact) mass is 395 g/mol. The van der Waals surface area contributed by atoms with Crippen molar-refractivity contribution in [2.75, 3.05) is 5.32 Å². The summed E-state index contributed by atoms with van der Waals surface area (Å²) in [5.41, 5.74) is 3.95. The highest BCUT2D eigenvalue weighted by molar-refractivity contribution is 9.11. The van der Waals surface area contributed by atoms with Gasteiger partial charge in [0, 0.05) is 21.2 Å². The van der Waals surface area contributed by atoms with E-state index < -0.39 is 0 Å². The van der Waals surface area contributed by atoms with Crippen LogP contribution in [0.5, 0.6) is 0 Å².